The number of hydrogen-bond acceptors (Lipinski definition) is 9. The van der Waals surface area contributed by atoms with Crippen LogP contribution in [0.1, 0.15) is 50.3 Å². The quantitative estimate of drug-likeness (QED) is 0.452. The number of ketones is 1. The third-order valence-corrected chi connectivity index (χ3v) is 8.97. The fourth-order valence-corrected chi connectivity index (χ4v) is 7.17. The molecule has 4 aliphatic rings. The summed E-state index contributed by atoms with van der Waals surface area (Å²) < 4.78 is 10.3. The summed E-state index contributed by atoms with van der Waals surface area (Å²) in [5.41, 5.74) is -3.00. The van der Waals surface area contributed by atoms with Gasteiger partial charge in [-0.25, -0.2) is 9.42 Å². The van der Waals surface area contributed by atoms with E-state index < -0.39 is 41.7 Å². The molecule has 2 fully saturated rings. The number of aliphatic hydroxyl groups is 3. The van der Waals surface area contributed by atoms with E-state index in [1.54, 1.807) is 19.1 Å². The number of aliphatic hydroxyl groups excluding tert-OH is 2. The van der Waals surface area contributed by atoms with Crippen molar-refractivity contribution >= 4 is 11.8 Å². The van der Waals surface area contributed by atoms with Crippen molar-refractivity contribution in [2.24, 2.45) is 34.5 Å². The fraction of sp³-hybridized carbons (Fsp3) is 0.667. The van der Waals surface area contributed by atoms with Gasteiger partial charge < -0.3 is 20.1 Å². The summed E-state index contributed by atoms with van der Waals surface area (Å²) in [6, 6.07) is 0. The van der Waals surface area contributed by atoms with Gasteiger partial charge in [-0.15, -0.1) is 0 Å². The van der Waals surface area contributed by atoms with Gasteiger partial charge in [-0.1, -0.05) is 38.1 Å². The lowest BCUT2D eigenvalue weighted by atomic mass is 9.59. The highest BCUT2D eigenvalue weighted by molar-refractivity contribution is 5.96. The molecule has 2 saturated carbocycles. The molecule has 4 aliphatic carbocycles. The van der Waals surface area contributed by atoms with Crippen LogP contribution in [-0.4, -0.2) is 61.8 Å². The van der Waals surface area contributed by atoms with Gasteiger partial charge in [-0.2, -0.15) is 0 Å². The van der Waals surface area contributed by atoms with E-state index in [9.17, 15) is 24.9 Å². The Labute approximate surface area is 191 Å². The number of carbonyl (C=O) groups excluding carboxylic acids is 2. The molecule has 5 rings (SSSR count). The number of allylic oxidation sites excluding steroid dienone is 1. The van der Waals surface area contributed by atoms with Gasteiger partial charge in [0.2, 0.25) is 5.69 Å². The molecular formula is C24H30N2O7. The lowest BCUT2D eigenvalue weighted by molar-refractivity contribution is -0.190. The highest BCUT2D eigenvalue weighted by Gasteiger charge is 2.76. The van der Waals surface area contributed by atoms with Crippen LogP contribution < -0.4 is 0 Å². The normalized spacial score (nSPS) is 43.0. The molecule has 3 N–H and O–H groups in total. The summed E-state index contributed by atoms with van der Waals surface area (Å²) >= 11 is 0. The largest absolute Gasteiger partial charge is 0.450 e. The first kappa shape index (κ1) is 22.4. The van der Waals surface area contributed by atoms with Gasteiger partial charge >= 0.3 is 5.97 Å². The molecule has 0 aliphatic heterocycles. The molecule has 178 valence electrons. The van der Waals surface area contributed by atoms with Crippen LogP contribution in [0.4, 0.5) is 0 Å². The molecule has 33 heavy (non-hydrogen) atoms. The molecule has 2 bridgehead atoms. The summed E-state index contributed by atoms with van der Waals surface area (Å²) in [5, 5.41) is 41.0. The second-order valence-electron chi connectivity index (χ2n) is 10.8. The lowest BCUT2D eigenvalue weighted by Crippen LogP contribution is -2.65. The van der Waals surface area contributed by atoms with Crippen molar-refractivity contribution in [1.29, 1.82) is 0 Å². The van der Waals surface area contributed by atoms with Crippen molar-refractivity contribution in [1.82, 2.24) is 10.3 Å². The number of nitrogens with zero attached hydrogens (tertiary/aromatic N) is 2. The second kappa shape index (κ2) is 6.84. The van der Waals surface area contributed by atoms with E-state index in [4.69, 9.17) is 4.74 Å². The summed E-state index contributed by atoms with van der Waals surface area (Å²) in [6.45, 7) is 8.86. The summed E-state index contributed by atoms with van der Waals surface area (Å²) in [4.78, 5) is 27.1. The van der Waals surface area contributed by atoms with Crippen LogP contribution in [-0.2, 0) is 9.53 Å². The Morgan fingerprint density at radius 1 is 1.30 bits per heavy atom. The van der Waals surface area contributed by atoms with Crippen molar-refractivity contribution in [3.05, 3.63) is 34.7 Å². The number of hydrogen-bond donors (Lipinski definition) is 3. The predicted molar refractivity (Wildman–Crippen MR) is 114 cm³/mol. The Morgan fingerprint density at radius 2 is 2.00 bits per heavy atom. The number of rotatable bonds is 3. The van der Waals surface area contributed by atoms with E-state index in [1.807, 2.05) is 6.92 Å². The van der Waals surface area contributed by atoms with Crippen LogP contribution in [0.2, 0.25) is 0 Å². The van der Waals surface area contributed by atoms with Crippen molar-refractivity contribution in [3.63, 3.8) is 0 Å². The number of esters is 1. The average molecular weight is 459 g/mol. The number of carbonyl (C=O) groups is 2. The molecule has 8 atom stereocenters. The molecule has 9 heteroatoms. The van der Waals surface area contributed by atoms with E-state index in [0.717, 1.165) is 0 Å². The molecule has 0 saturated heterocycles. The van der Waals surface area contributed by atoms with Crippen LogP contribution in [0, 0.1) is 41.4 Å². The topological polar surface area (TPSA) is 143 Å². The summed E-state index contributed by atoms with van der Waals surface area (Å²) in [6.07, 6.45) is 1.09. The Balaban J connectivity index is 1.66. The maximum Gasteiger partial charge on any atom is 0.363 e. The van der Waals surface area contributed by atoms with Crippen molar-refractivity contribution in [3.8, 4) is 0 Å². The zero-order valence-electron chi connectivity index (χ0n) is 19.4. The molecule has 2 unspecified atom stereocenters. The van der Waals surface area contributed by atoms with Crippen LogP contribution in [0.25, 0.3) is 0 Å². The minimum atomic E-state index is -2.18. The Kier molecular flexibility index (Phi) is 4.65. The number of fused-ring (bicyclic) bond motifs is 3. The Hall–Kier alpha value is -2.36. The zero-order valence-corrected chi connectivity index (χ0v) is 19.4. The van der Waals surface area contributed by atoms with Crippen molar-refractivity contribution in [2.45, 2.75) is 58.8 Å². The Morgan fingerprint density at radius 3 is 2.61 bits per heavy atom. The molecular weight excluding hydrogens is 428 g/mol. The van der Waals surface area contributed by atoms with Crippen LogP contribution in [0.5, 0.6) is 0 Å². The number of aryl methyl sites for hydroxylation is 1. The SMILES string of the molecule is CC1=CC23C(=O)[C@@H](C=C(CO)[C@@H](O)[C@]2(O)[C@H]1OC(=O)c1nonc1C)[C@H]1[C@@H](CC3C)C1(C)C. The average Bonchev–Trinajstić information content (AvgIpc) is 3.02. The smallest absolute Gasteiger partial charge is 0.363 e. The van der Waals surface area contributed by atoms with Crippen molar-refractivity contribution < 1.29 is 34.3 Å². The highest BCUT2D eigenvalue weighted by atomic mass is 16.6. The third kappa shape index (κ3) is 2.58. The molecule has 9 nitrogen and oxygen atoms in total. The van der Waals surface area contributed by atoms with Gasteiger partial charge in [0.25, 0.3) is 0 Å². The molecule has 0 radical (unpaired) electrons. The molecule has 1 heterocycles. The van der Waals surface area contributed by atoms with Gasteiger partial charge in [-0.05, 0) is 59.7 Å². The van der Waals surface area contributed by atoms with Crippen LogP contribution in [0.3, 0.4) is 0 Å². The number of ether oxygens (including phenoxy) is 1. The van der Waals surface area contributed by atoms with E-state index in [0.29, 0.717) is 12.0 Å². The lowest BCUT2D eigenvalue weighted by Gasteiger charge is -2.48. The van der Waals surface area contributed by atoms with Gasteiger partial charge in [0.05, 0.1) is 12.0 Å². The van der Waals surface area contributed by atoms with Crippen LogP contribution >= 0.6 is 0 Å². The molecule has 1 aromatic rings. The first-order valence-corrected chi connectivity index (χ1v) is 11.4. The van der Waals surface area contributed by atoms with Crippen molar-refractivity contribution in [2.75, 3.05) is 6.61 Å². The number of aromatic nitrogens is 2. The van der Waals surface area contributed by atoms with E-state index in [1.165, 1.54) is 6.92 Å². The maximum absolute atomic E-state index is 14.2. The van der Waals surface area contributed by atoms with Gasteiger partial charge in [0.1, 0.15) is 11.8 Å². The monoisotopic (exact) mass is 458 g/mol. The molecule has 0 aromatic carbocycles. The maximum atomic E-state index is 14.2. The second-order valence-corrected chi connectivity index (χ2v) is 10.8. The standard InChI is InChI=1S/C24H30N2O7/c1-10-8-23-11(2)6-15-16(22(15,4)5)14(19(23)29)7-13(9-27)18(28)24(23,31)20(10)32-21(30)17-12(3)25-33-26-17/h7-8,11,14-16,18,20,27-28,31H,6,9H2,1-5H3/t11?,14-,15+,16-,18+,20-,23?,24-/m0/s1. The Bertz CT molecular complexity index is 1100. The van der Waals surface area contributed by atoms with Gasteiger partial charge in [-0.3, -0.25) is 4.79 Å². The van der Waals surface area contributed by atoms with E-state index in [2.05, 4.69) is 28.8 Å². The van der Waals surface area contributed by atoms with E-state index >= 15 is 0 Å². The summed E-state index contributed by atoms with van der Waals surface area (Å²) in [5.74, 6) is -1.63. The number of Topliss-reactive ketones (excluding diaryl/α,β-unsaturated/α-hetero) is 1. The molecule has 1 spiro atoms. The molecule has 1 aromatic heterocycles. The predicted octanol–water partition coefficient (Wildman–Crippen LogP) is 1.37. The minimum absolute atomic E-state index is 0.0542. The third-order valence-electron chi connectivity index (χ3n) is 8.97. The first-order valence-electron chi connectivity index (χ1n) is 11.4. The van der Waals surface area contributed by atoms with Gasteiger partial charge in [0, 0.05) is 5.92 Å². The summed E-state index contributed by atoms with van der Waals surface area (Å²) in [7, 11) is 0. The molecule has 0 amide bonds. The highest BCUT2D eigenvalue weighted by Crippen LogP contribution is 2.71. The van der Waals surface area contributed by atoms with Crippen LogP contribution in [0.15, 0.2) is 27.9 Å². The van der Waals surface area contributed by atoms with E-state index in [-0.39, 0.29) is 45.9 Å². The first-order chi connectivity index (χ1) is 15.4. The van der Waals surface area contributed by atoms with Gasteiger partial charge in [0.15, 0.2) is 17.5 Å². The minimum Gasteiger partial charge on any atom is -0.450 e. The fourth-order valence-electron chi connectivity index (χ4n) is 7.17. The zero-order chi connectivity index (χ0) is 24.1.